The van der Waals surface area contributed by atoms with Crippen LogP contribution in [0.3, 0.4) is 0 Å². The molecule has 2 amide bonds. The Balaban J connectivity index is 1.29. The van der Waals surface area contributed by atoms with Crippen molar-refractivity contribution in [2.75, 3.05) is 31.1 Å². The average Bonchev–Trinajstić information content (AvgIpc) is 2.55. The number of pyridine rings is 1. The van der Waals surface area contributed by atoms with Gasteiger partial charge in [-0.1, -0.05) is 0 Å². The monoisotopic (exact) mass is 372 g/mol. The Morgan fingerprint density at radius 2 is 1.81 bits per heavy atom. The minimum atomic E-state index is -0.478. The standard InChI is InChI=1S/C20H28N4O3/c1-19(2,3)27-18(26)24-8-6-23(7-9-24)15-4-5-16(21-13-15)17(25)22-20-10-14(11-20)12-20/h4-5,13-14H,6-12H2,1-3H3,(H,22,25). The van der Waals surface area contributed by atoms with Crippen LogP contribution in [0.25, 0.3) is 0 Å². The van der Waals surface area contributed by atoms with Gasteiger partial charge < -0.3 is 19.9 Å². The molecule has 0 unspecified atom stereocenters. The van der Waals surface area contributed by atoms with E-state index in [0.717, 1.165) is 44.0 Å². The topological polar surface area (TPSA) is 74.8 Å². The summed E-state index contributed by atoms with van der Waals surface area (Å²) in [5, 5.41) is 3.14. The molecule has 1 saturated heterocycles. The fourth-order valence-corrected chi connectivity index (χ4v) is 4.12. The van der Waals surface area contributed by atoms with Crippen LogP contribution in [0.4, 0.5) is 10.5 Å². The Kier molecular flexibility index (Phi) is 4.28. The summed E-state index contributed by atoms with van der Waals surface area (Å²) >= 11 is 0. The van der Waals surface area contributed by atoms with Crippen LogP contribution < -0.4 is 10.2 Å². The number of rotatable bonds is 3. The molecule has 0 spiro atoms. The lowest BCUT2D eigenvalue weighted by Gasteiger charge is -2.61. The Hall–Kier alpha value is -2.31. The quantitative estimate of drug-likeness (QED) is 0.882. The van der Waals surface area contributed by atoms with Gasteiger partial charge >= 0.3 is 6.09 Å². The Morgan fingerprint density at radius 1 is 1.15 bits per heavy atom. The van der Waals surface area contributed by atoms with E-state index in [1.54, 1.807) is 17.2 Å². The summed E-state index contributed by atoms with van der Waals surface area (Å²) in [4.78, 5) is 32.8. The molecule has 1 N–H and O–H groups in total. The number of piperazine rings is 1. The summed E-state index contributed by atoms with van der Waals surface area (Å²) in [7, 11) is 0. The van der Waals surface area contributed by atoms with Gasteiger partial charge in [0, 0.05) is 31.7 Å². The van der Waals surface area contributed by atoms with E-state index in [2.05, 4.69) is 15.2 Å². The number of hydrogen-bond acceptors (Lipinski definition) is 5. The summed E-state index contributed by atoms with van der Waals surface area (Å²) in [5.41, 5.74) is 1.03. The third-order valence-electron chi connectivity index (χ3n) is 5.69. The van der Waals surface area contributed by atoms with Crippen molar-refractivity contribution in [2.24, 2.45) is 5.92 Å². The number of hydrogen-bond donors (Lipinski definition) is 1. The Bertz CT molecular complexity index is 716. The highest BCUT2D eigenvalue weighted by Crippen LogP contribution is 2.56. The smallest absolute Gasteiger partial charge is 0.410 e. The molecule has 2 bridgehead atoms. The first-order valence-electron chi connectivity index (χ1n) is 9.75. The molecule has 4 aliphatic rings. The van der Waals surface area contributed by atoms with E-state index in [1.165, 1.54) is 0 Å². The van der Waals surface area contributed by atoms with Crippen LogP contribution in [0.15, 0.2) is 18.3 Å². The summed E-state index contributed by atoms with van der Waals surface area (Å²) in [6, 6.07) is 3.73. The number of ether oxygens (including phenoxy) is 1. The number of aromatic nitrogens is 1. The van der Waals surface area contributed by atoms with Gasteiger partial charge in [-0.3, -0.25) is 4.79 Å². The summed E-state index contributed by atoms with van der Waals surface area (Å²) < 4.78 is 5.43. The van der Waals surface area contributed by atoms with Gasteiger partial charge in [0.2, 0.25) is 0 Å². The lowest BCUT2D eigenvalue weighted by Crippen LogP contribution is -2.68. The van der Waals surface area contributed by atoms with Crippen LogP contribution in [-0.2, 0) is 4.74 Å². The van der Waals surface area contributed by atoms with Gasteiger partial charge in [0.1, 0.15) is 11.3 Å². The van der Waals surface area contributed by atoms with E-state index in [9.17, 15) is 9.59 Å². The number of amides is 2. The van der Waals surface area contributed by atoms with Crippen LogP contribution in [0.1, 0.15) is 50.5 Å². The first-order chi connectivity index (χ1) is 12.7. The van der Waals surface area contributed by atoms with Crippen molar-refractivity contribution in [3.8, 4) is 0 Å². The third kappa shape index (κ3) is 3.73. The van der Waals surface area contributed by atoms with Crippen LogP contribution in [0, 0.1) is 5.92 Å². The van der Waals surface area contributed by atoms with Crippen LogP contribution in [-0.4, -0.2) is 59.2 Å². The van der Waals surface area contributed by atoms with Crippen molar-refractivity contribution < 1.29 is 14.3 Å². The molecule has 7 nitrogen and oxygen atoms in total. The molecule has 0 aromatic carbocycles. The predicted molar refractivity (Wildman–Crippen MR) is 102 cm³/mol. The fraction of sp³-hybridized carbons (Fsp3) is 0.650. The molecule has 1 aromatic rings. The van der Waals surface area contributed by atoms with Crippen LogP contribution in [0.2, 0.25) is 0 Å². The van der Waals surface area contributed by atoms with Crippen molar-refractivity contribution >= 4 is 17.7 Å². The highest BCUT2D eigenvalue weighted by molar-refractivity contribution is 5.93. The van der Waals surface area contributed by atoms with Gasteiger partial charge in [0.05, 0.1) is 11.9 Å². The number of carbonyl (C=O) groups excluding carboxylic acids is 2. The maximum atomic E-state index is 12.4. The molecular formula is C20H28N4O3. The Morgan fingerprint density at radius 3 is 2.30 bits per heavy atom. The lowest BCUT2D eigenvalue weighted by molar-refractivity contribution is -0.0439. The molecule has 0 radical (unpaired) electrons. The average molecular weight is 372 g/mol. The minimum absolute atomic E-state index is 0.0695. The molecule has 7 heteroatoms. The molecule has 1 aliphatic heterocycles. The molecular weight excluding hydrogens is 344 g/mol. The van der Waals surface area contributed by atoms with E-state index in [-0.39, 0.29) is 17.5 Å². The largest absolute Gasteiger partial charge is 0.444 e. The molecule has 3 aliphatic carbocycles. The second-order valence-corrected chi connectivity index (χ2v) is 9.07. The maximum absolute atomic E-state index is 12.4. The van der Waals surface area contributed by atoms with Crippen molar-refractivity contribution in [3.05, 3.63) is 24.0 Å². The minimum Gasteiger partial charge on any atom is -0.444 e. The molecule has 146 valence electrons. The SMILES string of the molecule is CC(C)(C)OC(=O)N1CCN(c2ccc(C(=O)NC34CC(C3)C4)nc2)CC1. The van der Waals surface area contributed by atoms with E-state index < -0.39 is 5.60 Å². The van der Waals surface area contributed by atoms with Crippen molar-refractivity contribution in [1.82, 2.24) is 15.2 Å². The third-order valence-corrected chi connectivity index (χ3v) is 5.69. The van der Waals surface area contributed by atoms with Gasteiger partial charge in [-0.25, -0.2) is 9.78 Å². The number of nitrogens with one attached hydrogen (secondary N) is 1. The molecule has 2 heterocycles. The summed E-state index contributed by atoms with van der Waals surface area (Å²) in [6.45, 7) is 8.28. The van der Waals surface area contributed by atoms with Gasteiger partial charge in [-0.2, -0.15) is 0 Å². The van der Waals surface area contributed by atoms with Crippen molar-refractivity contribution in [1.29, 1.82) is 0 Å². The first-order valence-corrected chi connectivity index (χ1v) is 9.75. The number of carbonyl (C=O) groups is 2. The second kappa shape index (κ2) is 6.39. The highest BCUT2D eigenvalue weighted by Gasteiger charge is 2.57. The van der Waals surface area contributed by atoms with E-state index in [1.807, 2.05) is 26.8 Å². The second-order valence-electron chi connectivity index (χ2n) is 9.07. The zero-order valence-electron chi connectivity index (χ0n) is 16.3. The molecule has 3 saturated carbocycles. The lowest BCUT2D eigenvalue weighted by atomic mass is 9.50. The zero-order chi connectivity index (χ0) is 19.2. The number of nitrogens with zero attached hydrogens (tertiary/aromatic N) is 3. The number of anilines is 1. The van der Waals surface area contributed by atoms with E-state index in [0.29, 0.717) is 18.8 Å². The van der Waals surface area contributed by atoms with Crippen LogP contribution in [0.5, 0.6) is 0 Å². The van der Waals surface area contributed by atoms with Gasteiger partial charge in [-0.15, -0.1) is 0 Å². The first kappa shape index (κ1) is 18.1. The van der Waals surface area contributed by atoms with Crippen molar-refractivity contribution in [2.45, 2.75) is 51.2 Å². The molecule has 4 fully saturated rings. The fourth-order valence-electron chi connectivity index (χ4n) is 4.12. The summed E-state index contributed by atoms with van der Waals surface area (Å²) in [5.74, 6) is 0.759. The normalized spacial score (nSPS) is 26.7. The highest BCUT2D eigenvalue weighted by atomic mass is 16.6. The molecule has 27 heavy (non-hydrogen) atoms. The van der Waals surface area contributed by atoms with E-state index >= 15 is 0 Å². The molecule has 1 aromatic heterocycles. The molecule has 0 atom stereocenters. The zero-order valence-corrected chi connectivity index (χ0v) is 16.3. The maximum Gasteiger partial charge on any atom is 0.410 e. The van der Waals surface area contributed by atoms with Crippen molar-refractivity contribution in [3.63, 3.8) is 0 Å². The van der Waals surface area contributed by atoms with E-state index in [4.69, 9.17) is 4.74 Å². The van der Waals surface area contributed by atoms with Gasteiger partial charge in [0.15, 0.2) is 0 Å². The van der Waals surface area contributed by atoms with Crippen LogP contribution >= 0.6 is 0 Å². The molecule has 5 rings (SSSR count). The predicted octanol–water partition coefficient (Wildman–Crippen LogP) is 2.42. The summed E-state index contributed by atoms with van der Waals surface area (Å²) in [6.07, 6.45) is 4.86. The Labute approximate surface area is 160 Å². The van der Waals surface area contributed by atoms with Gasteiger partial charge in [0.25, 0.3) is 5.91 Å². The van der Waals surface area contributed by atoms with Gasteiger partial charge in [-0.05, 0) is 58.1 Å².